The van der Waals surface area contributed by atoms with E-state index in [1.807, 2.05) is 37.0 Å². The Kier molecular flexibility index (Phi) is 5.95. The molecule has 0 bridgehead atoms. The molecule has 3 heterocycles. The number of rotatable bonds is 9. The smallest absolute Gasteiger partial charge is 0.226 e. The van der Waals surface area contributed by atoms with E-state index < -0.39 is 0 Å². The van der Waals surface area contributed by atoms with Crippen molar-refractivity contribution in [1.82, 2.24) is 25.2 Å². The number of nitrogens with zero attached hydrogens (tertiary/aromatic N) is 4. The highest BCUT2D eigenvalue weighted by atomic mass is 32.1. The summed E-state index contributed by atoms with van der Waals surface area (Å²) in [5, 5.41) is 13.0. The average molecular weight is 359 g/mol. The molecule has 7 nitrogen and oxygen atoms in total. The van der Waals surface area contributed by atoms with Crippen LogP contribution in [-0.2, 0) is 24.7 Å². The van der Waals surface area contributed by atoms with Crippen molar-refractivity contribution in [2.24, 2.45) is 7.05 Å². The summed E-state index contributed by atoms with van der Waals surface area (Å²) in [4.78, 5) is 17.2. The summed E-state index contributed by atoms with van der Waals surface area (Å²) in [6.45, 7) is 0.677. The molecule has 132 valence electrons. The number of aryl methyl sites for hydroxylation is 3. The van der Waals surface area contributed by atoms with E-state index in [1.54, 1.807) is 16.0 Å². The normalized spacial score (nSPS) is 10.9. The Morgan fingerprint density at radius 1 is 1.36 bits per heavy atom. The van der Waals surface area contributed by atoms with Crippen molar-refractivity contribution in [1.29, 1.82) is 0 Å². The molecule has 3 aromatic rings. The summed E-state index contributed by atoms with van der Waals surface area (Å²) in [7, 11) is 1.90. The van der Waals surface area contributed by atoms with Crippen LogP contribution in [0, 0.1) is 0 Å². The molecule has 0 aliphatic rings. The summed E-state index contributed by atoms with van der Waals surface area (Å²) >= 11 is 1.57. The molecular weight excluding hydrogens is 338 g/mol. The summed E-state index contributed by atoms with van der Waals surface area (Å²) in [6.07, 6.45) is 7.45. The standard InChI is InChI=1S/C17H21N5O2S/c1-22-12-13(11-19-22)5-3-9-18-15(23)7-2-8-16-20-17(21-24-16)14-6-4-10-25-14/h4,6,10-12H,2-3,5,7-9H2,1H3,(H,18,23). The van der Waals surface area contributed by atoms with Crippen LogP contribution < -0.4 is 5.32 Å². The second-order valence-electron chi connectivity index (χ2n) is 5.82. The van der Waals surface area contributed by atoms with Gasteiger partial charge in [-0.1, -0.05) is 11.2 Å². The number of aromatic nitrogens is 4. The van der Waals surface area contributed by atoms with Crippen LogP contribution >= 0.6 is 11.3 Å². The van der Waals surface area contributed by atoms with Gasteiger partial charge in [0, 0.05) is 32.6 Å². The van der Waals surface area contributed by atoms with Crippen molar-refractivity contribution in [3.63, 3.8) is 0 Å². The second-order valence-corrected chi connectivity index (χ2v) is 6.77. The molecular formula is C17H21N5O2S. The topological polar surface area (TPSA) is 85.8 Å². The summed E-state index contributed by atoms with van der Waals surface area (Å²) in [6, 6.07) is 3.91. The van der Waals surface area contributed by atoms with Crippen LogP contribution in [-0.4, -0.2) is 32.4 Å². The fourth-order valence-corrected chi connectivity index (χ4v) is 3.12. The number of nitrogens with one attached hydrogen (secondary N) is 1. The zero-order valence-corrected chi connectivity index (χ0v) is 15.0. The number of carbonyl (C=O) groups is 1. The van der Waals surface area contributed by atoms with Gasteiger partial charge in [0.1, 0.15) is 0 Å². The van der Waals surface area contributed by atoms with Crippen molar-refractivity contribution in [3.8, 4) is 10.7 Å². The molecule has 0 fully saturated rings. The van der Waals surface area contributed by atoms with Crippen molar-refractivity contribution in [2.75, 3.05) is 6.54 Å². The Morgan fingerprint density at radius 2 is 2.28 bits per heavy atom. The Bertz CT molecular complexity index is 794. The van der Waals surface area contributed by atoms with Gasteiger partial charge >= 0.3 is 0 Å². The zero-order valence-electron chi connectivity index (χ0n) is 14.1. The van der Waals surface area contributed by atoms with Crippen LogP contribution in [0.2, 0.25) is 0 Å². The molecule has 8 heteroatoms. The largest absolute Gasteiger partial charge is 0.356 e. The van der Waals surface area contributed by atoms with Gasteiger partial charge in [0.15, 0.2) is 0 Å². The maximum Gasteiger partial charge on any atom is 0.226 e. The van der Waals surface area contributed by atoms with E-state index in [4.69, 9.17) is 4.52 Å². The molecule has 0 aliphatic carbocycles. The maximum absolute atomic E-state index is 11.8. The first kappa shape index (κ1) is 17.3. The fraction of sp³-hybridized carbons (Fsp3) is 0.412. The lowest BCUT2D eigenvalue weighted by Gasteiger charge is -2.03. The SMILES string of the molecule is Cn1cc(CCCNC(=O)CCCc2nc(-c3cccs3)no2)cn1. The molecule has 0 unspecified atom stereocenters. The molecule has 0 atom stereocenters. The minimum absolute atomic E-state index is 0.0594. The number of amides is 1. The minimum atomic E-state index is 0.0594. The van der Waals surface area contributed by atoms with Crippen LogP contribution in [0.15, 0.2) is 34.4 Å². The molecule has 1 N–H and O–H groups in total. The van der Waals surface area contributed by atoms with Crippen LogP contribution in [0.4, 0.5) is 0 Å². The highest BCUT2D eigenvalue weighted by Gasteiger charge is 2.10. The first-order valence-corrected chi connectivity index (χ1v) is 9.19. The van der Waals surface area contributed by atoms with Crippen molar-refractivity contribution < 1.29 is 9.32 Å². The van der Waals surface area contributed by atoms with Crippen LogP contribution in [0.25, 0.3) is 10.7 Å². The summed E-state index contributed by atoms with van der Waals surface area (Å²) in [5.41, 5.74) is 1.19. The Morgan fingerprint density at radius 3 is 3.04 bits per heavy atom. The van der Waals surface area contributed by atoms with Gasteiger partial charge in [-0.3, -0.25) is 9.48 Å². The number of hydrogen-bond donors (Lipinski definition) is 1. The van der Waals surface area contributed by atoms with Gasteiger partial charge in [-0.25, -0.2) is 0 Å². The molecule has 3 rings (SSSR count). The van der Waals surface area contributed by atoms with Gasteiger partial charge in [-0.2, -0.15) is 10.1 Å². The van der Waals surface area contributed by atoms with Crippen molar-refractivity contribution >= 4 is 17.2 Å². The quantitative estimate of drug-likeness (QED) is 0.594. The summed E-state index contributed by atoms with van der Waals surface area (Å²) < 4.78 is 7.01. The van der Waals surface area contributed by atoms with Crippen LogP contribution in [0.1, 0.15) is 30.7 Å². The predicted molar refractivity (Wildman–Crippen MR) is 95.1 cm³/mol. The van der Waals surface area contributed by atoms with E-state index in [0.717, 1.165) is 17.7 Å². The van der Waals surface area contributed by atoms with Gasteiger partial charge in [-0.05, 0) is 36.3 Å². The van der Waals surface area contributed by atoms with Crippen LogP contribution in [0.5, 0.6) is 0 Å². The maximum atomic E-state index is 11.8. The Labute approximate surface area is 150 Å². The molecule has 25 heavy (non-hydrogen) atoms. The highest BCUT2D eigenvalue weighted by Crippen LogP contribution is 2.21. The van der Waals surface area contributed by atoms with E-state index in [2.05, 4.69) is 20.6 Å². The molecule has 3 aromatic heterocycles. The van der Waals surface area contributed by atoms with Gasteiger partial charge in [0.05, 0.1) is 11.1 Å². The van der Waals surface area contributed by atoms with E-state index in [-0.39, 0.29) is 5.91 Å². The third kappa shape index (κ3) is 5.25. The molecule has 0 aromatic carbocycles. The third-order valence-electron chi connectivity index (χ3n) is 3.73. The molecule has 1 amide bonds. The van der Waals surface area contributed by atoms with Gasteiger partial charge < -0.3 is 9.84 Å². The Hall–Kier alpha value is -2.48. The van der Waals surface area contributed by atoms with Gasteiger partial charge in [0.2, 0.25) is 17.6 Å². The lowest BCUT2D eigenvalue weighted by atomic mass is 10.2. The highest BCUT2D eigenvalue weighted by molar-refractivity contribution is 7.13. The number of carbonyl (C=O) groups excluding carboxylic acids is 1. The fourth-order valence-electron chi connectivity index (χ4n) is 2.47. The second kappa shape index (κ2) is 8.57. The van der Waals surface area contributed by atoms with E-state index in [9.17, 15) is 4.79 Å². The number of thiophene rings is 1. The van der Waals surface area contributed by atoms with E-state index in [0.29, 0.717) is 37.5 Å². The van der Waals surface area contributed by atoms with Gasteiger partial charge in [0.25, 0.3) is 0 Å². The molecule has 0 aliphatic heterocycles. The zero-order chi connectivity index (χ0) is 17.5. The first-order chi connectivity index (χ1) is 12.2. The van der Waals surface area contributed by atoms with E-state index >= 15 is 0 Å². The minimum Gasteiger partial charge on any atom is -0.356 e. The average Bonchev–Trinajstić information content (AvgIpc) is 3.33. The lowest BCUT2D eigenvalue weighted by molar-refractivity contribution is -0.121. The molecule has 0 saturated heterocycles. The summed E-state index contributed by atoms with van der Waals surface area (Å²) in [5.74, 6) is 1.25. The third-order valence-corrected chi connectivity index (χ3v) is 4.59. The number of hydrogen-bond acceptors (Lipinski definition) is 6. The van der Waals surface area contributed by atoms with Crippen molar-refractivity contribution in [3.05, 3.63) is 41.4 Å². The molecule has 0 radical (unpaired) electrons. The predicted octanol–water partition coefficient (Wildman–Crippen LogP) is 2.60. The Balaban J connectivity index is 1.30. The molecule has 0 saturated carbocycles. The monoisotopic (exact) mass is 359 g/mol. The van der Waals surface area contributed by atoms with Gasteiger partial charge in [-0.15, -0.1) is 11.3 Å². The molecule has 0 spiro atoms. The lowest BCUT2D eigenvalue weighted by Crippen LogP contribution is -2.24. The van der Waals surface area contributed by atoms with Crippen LogP contribution in [0.3, 0.4) is 0 Å². The van der Waals surface area contributed by atoms with Crippen molar-refractivity contribution in [2.45, 2.75) is 32.1 Å². The first-order valence-electron chi connectivity index (χ1n) is 8.31. The van der Waals surface area contributed by atoms with E-state index in [1.165, 1.54) is 5.56 Å².